The van der Waals surface area contributed by atoms with Gasteiger partial charge in [0.2, 0.25) is 11.8 Å². The number of hydroxylamine groups is 1. The molecule has 1 fully saturated rings. The predicted octanol–water partition coefficient (Wildman–Crippen LogP) is 2.16. The van der Waals surface area contributed by atoms with Crippen LogP contribution in [0.1, 0.15) is 37.7 Å². The summed E-state index contributed by atoms with van der Waals surface area (Å²) in [4.78, 5) is 25.4. The van der Waals surface area contributed by atoms with E-state index >= 15 is 0 Å². The summed E-state index contributed by atoms with van der Waals surface area (Å²) in [5.74, 6) is 1.74. The molecule has 26 heavy (non-hydrogen) atoms. The molecule has 1 saturated heterocycles. The van der Waals surface area contributed by atoms with Gasteiger partial charge in [-0.2, -0.15) is 11.8 Å². The summed E-state index contributed by atoms with van der Waals surface area (Å²) in [6.07, 6.45) is 3.97. The van der Waals surface area contributed by atoms with Crippen LogP contribution in [0.2, 0.25) is 0 Å². The summed E-state index contributed by atoms with van der Waals surface area (Å²) in [5.41, 5.74) is 9.00. The van der Waals surface area contributed by atoms with E-state index in [9.17, 15) is 9.59 Å². The van der Waals surface area contributed by atoms with Gasteiger partial charge in [-0.3, -0.25) is 14.8 Å². The van der Waals surface area contributed by atoms with Crippen molar-refractivity contribution in [3.05, 3.63) is 35.9 Å². The normalized spacial score (nSPS) is 16.3. The van der Waals surface area contributed by atoms with Crippen molar-refractivity contribution >= 4 is 23.6 Å². The van der Waals surface area contributed by atoms with E-state index < -0.39 is 6.04 Å². The van der Waals surface area contributed by atoms with E-state index in [0.717, 1.165) is 44.5 Å². The summed E-state index contributed by atoms with van der Waals surface area (Å²) in [6.45, 7) is 1.49. The average Bonchev–Trinajstić information content (AvgIpc) is 2.68. The number of likely N-dealkylation sites (tertiary alicyclic amines) is 1. The van der Waals surface area contributed by atoms with Crippen LogP contribution >= 0.6 is 11.8 Å². The highest BCUT2D eigenvalue weighted by atomic mass is 32.2. The van der Waals surface area contributed by atoms with Crippen LogP contribution in [0.5, 0.6) is 0 Å². The number of nitrogens with two attached hydrogens (primary N) is 1. The van der Waals surface area contributed by atoms with Crippen molar-refractivity contribution in [2.45, 2.75) is 43.9 Å². The lowest BCUT2D eigenvalue weighted by Gasteiger charge is -2.33. The Morgan fingerprint density at radius 1 is 1.27 bits per heavy atom. The molecule has 0 saturated carbocycles. The van der Waals surface area contributed by atoms with E-state index in [-0.39, 0.29) is 11.8 Å². The lowest BCUT2D eigenvalue weighted by atomic mass is 9.91. The summed E-state index contributed by atoms with van der Waals surface area (Å²) >= 11 is 1.69. The van der Waals surface area contributed by atoms with Crippen LogP contribution in [0.25, 0.3) is 0 Å². The van der Waals surface area contributed by atoms with E-state index in [0.29, 0.717) is 18.1 Å². The molecule has 1 heterocycles. The molecule has 0 aromatic heterocycles. The molecule has 1 aromatic rings. The van der Waals surface area contributed by atoms with Crippen LogP contribution in [0.15, 0.2) is 30.3 Å². The van der Waals surface area contributed by atoms with Gasteiger partial charge in [0.25, 0.3) is 0 Å². The number of carbonyl (C=O) groups is 2. The monoisotopic (exact) mass is 379 g/mol. The Hall–Kier alpha value is -1.57. The maximum Gasteiger partial charge on any atom is 0.243 e. The number of thioether (sulfide) groups is 1. The van der Waals surface area contributed by atoms with Gasteiger partial charge in [-0.05, 0) is 37.2 Å². The third-order valence-corrected chi connectivity index (χ3v) is 5.93. The molecule has 1 aliphatic heterocycles. The number of hydrogen-bond donors (Lipinski definition) is 3. The van der Waals surface area contributed by atoms with Crippen molar-refractivity contribution in [3.8, 4) is 0 Å². The summed E-state index contributed by atoms with van der Waals surface area (Å²) in [6, 6.07) is 9.73. The minimum Gasteiger partial charge on any atom is -0.341 e. The quantitative estimate of drug-likeness (QED) is 0.451. The fraction of sp³-hybridized carbons (Fsp3) is 0.579. The maximum atomic E-state index is 12.5. The zero-order valence-electron chi connectivity index (χ0n) is 15.1. The molecule has 0 bridgehead atoms. The molecule has 0 spiro atoms. The van der Waals surface area contributed by atoms with Gasteiger partial charge in [0.1, 0.15) is 0 Å². The van der Waals surface area contributed by atoms with Crippen LogP contribution in [-0.2, 0) is 15.3 Å². The first-order valence-electron chi connectivity index (χ1n) is 9.19. The largest absolute Gasteiger partial charge is 0.341 e. The highest BCUT2D eigenvalue weighted by Gasteiger charge is 2.26. The predicted molar refractivity (Wildman–Crippen MR) is 104 cm³/mol. The number of benzene rings is 1. The van der Waals surface area contributed by atoms with Crippen molar-refractivity contribution < 1.29 is 14.8 Å². The van der Waals surface area contributed by atoms with Gasteiger partial charge >= 0.3 is 0 Å². The van der Waals surface area contributed by atoms with Crippen molar-refractivity contribution in [3.63, 3.8) is 0 Å². The lowest BCUT2D eigenvalue weighted by molar-refractivity contribution is -0.133. The van der Waals surface area contributed by atoms with Gasteiger partial charge in [0.05, 0.1) is 6.04 Å². The molecule has 6 nitrogen and oxygen atoms in total. The van der Waals surface area contributed by atoms with Crippen molar-refractivity contribution in [1.82, 2.24) is 10.4 Å². The maximum absolute atomic E-state index is 12.5. The minimum absolute atomic E-state index is 0.0451. The van der Waals surface area contributed by atoms with Crippen LogP contribution in [0.4, 0.5) is 0 Å². The number of piperidine rings is 1. The van der Waals surface area contributed by atoms with Crippen LogP contribution in [0, 0.1) is 5.92 Å². The second-order valence-electron chi connectivity index (χ2n) is 6.80. The first-order chi connectivity index (χ1) is 12.6. The standard InChI is InChI=1S/C19H29N3O3S/c20-17(14-26-13-16-5-2-1-3-6-16)19(24)22-11-9-15(10-12-22)7-4-8-18(23)21-25/h1-3,5-6,15,17,25H,4,7-14,20H2,(H,21,23)/t17-/m0/s1. The zero-order chi connectivity index (χ0) is 18.8. The lowest BCUT2D eigenvalue weighted by Crippen LogP contribution is -2.48. The van der Waals surface area contributed by atoms with E-state index in [1.54, 1.807) is 17.2 Å². The second kappa shape index (κ2) is 11.2. The third kappa shape index (κ3) is 6.97. The number of amides is 2. The molecule has 7 heteroatoms. The molecular weight excluding hydrogens is 350 g/mol. The van der Waals surface area contributed by atoms with E-state index in [1.807, 2.05) is 23.1 Å². The molecule has 1 aromatic carbocycles. The highest BCUT2D eigenvalue weighted by molar-refractivity contribution is 7.98. The minimum atomic E-state index is -0.450. The molecule has 0 radical (unpaired) electrons. The van der Waals surface area contributed by atoms with Gasteiger partial charge in [0, 0.05) is 31.0 Å². The first kappa shape index (κ1) is 20.7. The number of nitrogens with zero attached hydrogens (tertiary/aromatic N) is 1. The molecule has 0 aliphatic carbocycles. The van der Waals surface area contributed by atoms with Crippen LogP contribution in [-0.4, -0.2) is 46.8 Å². The van der Waals surface area contributed by atoms with Gasteiger partial charge in [-0.15, -0.1) is 0 Å². The van der Waals surface area contributed by atoms with Gasteiger partial charge in [-0.25, -0.2) is 5.48 Å². The number of hydrogen-bond acceptors (Lipinski definition) is 5. The van der Waals surface area contributed by atoms with Crippen molar-refractivity contribution in [2.24, 2.45) is 11.7 Å². The summed E-state index contributed by atoms with van der Waals surface area (Å²) in [7, 11) is 0. The summed E-state index contributed by atoms with van der Waals surface area (Å²) in [5, 5.41) is 8.49. The zero-order valence-corrected chi connectivity index (χ0v) is 15.9. The Morgan fingerprint density at radius 2 is 1.96 bits per heavy atom. The molecule has 2 amide bonds. The topological polar surface area (TPSA) is 95.7 Å². The Balaban J connectivity index is 1.63. The second-order valence-corrected chi connectivity index (χ2v) is 7.83. The Morgan fingerprint density at radius 3 is 2.62 bits per heavy atom. The Labute approximate surface area is 159 Å². The highest BCUT2D eigenvalue weighted by Crippen LogP contribution is 2.23. The van der Waals surface area contributed by atoms with Crippen LogP contribution < -0.4 is 11.2 Å². The molecule has 4 N–H and O–H groups in total. The molecule has 2 rings (SSSR count). The number of rotatable bonds is 9. The van der Waals surface area contributed by atoms with Crippen molar-refractivity contribution in [2.75, 3.05) is 18.8 Å². The number of nitrogens with one attached hydrogen (secondary N) is 1. The fourth-order valence-electron chi connectivity index (χ4n) is 3.23. The molecule has 1 aliphatic rings. The third-order valence-electron chi connectivity index (χ3n) is 4.79. The van der Waals surface area contributed by atoms with E-state index in [2.05, 4.69) is 12.1 Å². The number of carbonyl (C=O) groups excluding carboxylic acids is 2. The summed E-state index contributed by atoms with van der Waals surface area (Å²) < 4.78 is 0. The molecule has 0 unspecified atom stereocenters. The smallest absolute Gasteiger partial charge is 0.243 e. The molecule has 1 atom stereocenters. The fourth-order valence-corrected chi connectivity index (χ4v) is 4.18. The molecular formula is C19H29N3O3S. The Bertz CT molecular complexity index is 562. The van der Waals surface area contributed by atoms with E-state index in [1.165, 1.54) is 5.56 Å². The van der Waals surface area contributed by atoms with E-state index in [4.69, 9.17) is 10.9 Å². The molecule has 144 valence electrons. The van der Waals surface area contributed by atoms with Crippen LogP contribution in [0.3, 0.4) is 0 Å². The van der Waals surface area contributed by atoms with Gasteiger partial charge in [-0.1, -0.05) is 30.3 Å². The van der Waals surface area contributed by atoms with Gasteiger partial charge < -0.3 is 10.6 Å². The first-order valence-corrected chi connectivity index (χ1v) is 10.3. The van der Waals surface area contributed by atoms with Gasteiger partial charge in [0.15, 0.2) is 0 Å². The Kier molecular flexibility index (Phi) is 8.94. The van der Waals surface area contributed by atoms with Crippen molar-refractivity contribution in [1.29, 1.82) is 0 Å². The average molecular weight is 380 g/mol. The SMILES string of the molecule is N[C@@H](CSCc1ccccc1)C(=O)N1CCC(CCCC(=O)NO)CC1.